The number of carbonyl (C=O) groups is 3. The van der Waals surface area contributed by atoms with E-state index in [1.807, 2.05) is 12.1 Å². The van der Waals surface area contributed by atoms with Crippen molar-refractivity contribution in [2.45, 2.75) is 10.4 Å². The average Bonchev–Trinajstić information content (AvgIpc) is 2.97. The van der Waals surface area contributed by atoms with Gasteiger partial charge in [0.2, 0.25) is 6.41 Å². The van der Waals surface area contributed by atoms with E-state index < -0.39 is 17.1 Å². The molecule has 1 heterocycles. The second-order valence-electron chi connectivity index (χ2n) is 8.01. The number of nitrogens with two attached hydrogens (primary N) is 1. The van der Waals surface area contributed by atoms with E-state index in [1.165, 1.54) is 12.1 Å². The molecule has 0 aliphatic carbocycles. The molecule has 1 atom stereocenters. The zero-order chi connectivity index (χ0) is 27.9. The number of nitrogen functional groups attached to an aromatic ring is 1. The third-order valence-electron chi connectivity index (χ3n) is 5.69. The maximum Gasteiger partial charge on any atom is 0.261 e. The molecule has 1 aromatic heterocycles. The zero-order valence-corrected chi connectivity index (χ0v) is 21.7. The lowest BCUT2D eigenvalue weighted by atomic mass is 9.97. The molecule has 0 radical (unpaired) electrons. The van der Waals surface area contributed by atoms with Crippen molar-refractivity contribution in [3.63, 3.8) is 0 Å². The lowest BCUT2D eigenvalue weighted by Gasteiger charge is -2.26. The van der Waals surface area contributed by atoms with Crippen molar-refractivity contribution in [3.05, 3.63) is 112 Å². The lowest BCUT2D eigenvalue weighted by molar-refractivity contribution is -0.116. The van der Waals surface area contributed by atoms with Gasteiger partial charge in [0, 0.05) is 27.3 Å². The predicted molar refractivity (Wildman–Crippen MR) is 148 cm³/mol. The number of thioether (sulfide) groups is 1. The van der Waals surface area contributed by atoms with Gasteiger partial charge in [-0.15, -0.1) is 0 Å². The fourth-order valence-corrected chi connectivity index (χ4v) is 5.20. The molecule has 3 aromatic carbocycles. The molecule has 0 saturated carbocycles. The minimum absolute atomic E-state index is 0.0501. The van der Waals surface area contributed by atoms with Gasteiger partial charge in [0.05, 0.1) is 5.56 Å². The highest BCUT2D eigenvalue weighted by atomic mass is 35.5. The number of carbonyl (C=O) groups excluding carboxylic acids is 3. The Morgan fingerprint density at radius 2 is 1.46 bits per heavy atom. The summed E-state index contributed by atoms with van der Waals surface area (Å²) in [6.07, 6.45) is 0.266. The third kappa shape index (κ3) is 5.51. The van der Waals surface area contributed by atoms with Crippen molar-refractivity contribution in [1.82, 2.24) is 9.88 Å². The van der Waals surface area contributed by atoms with Crippen LogP contribution in [0.1, 0.15) is 31.8 Å². The van der Waals surface area contributed by atoms with Gasteiger partial charge in [-0.25, -0.2) is 4.98 Å². The second kappa shape index (κ2) is 12.1. The molecule has 0 fully saturated rings. The van der Waals surface area contributed by atoms with Gasteiger partial charge < -0.3 is 5.73 Å². The van der Waals surface area contributed by atoms with Crippen molar-refractivity contribution < 1.29 is 14.4 Å². The number of anilines is 1. The molecule has 0 aliphatic heterocycles. The van der Waals surface area contributed by atoms with Crippen molar-refractivity contribution >= 4 is 47.3 Å². The monoisotopic (exact) mass is 551 g/mol. The van der Waals surface area contributed by atoms with Gasteiger partial charge in [-0.3, -0.25) is 19.3 Å². The van der Waals surface area contributed by atoms with Crippen LogP contribution in [0.2, 0.25) is 5.02 Å². The van der Waals surface area contributed by atoms with Gasteiger partial charge in [-0.2, -0.15) is 10.5 Å². The van der Waals surface area contributed by atoms with Crippen molar-refractivity contribution in [2.24, 2.45) is 0 Å². The van der Waals surface area contributed by atoms with Crippen LogP contribution in [-0.2, 0) is 4.79 Å². The summed E-state index contributed by atoms with van der Waals surface area (Å²) < 4.78 is 0. The third-order valence-corrected chi connectivity index (χ3v) is 7.20. The summed E-state index contributed by atoms with van der Waals surface area (Å²) >= 11 is 7.10. The highest BCUT2D eigenvalue weighted by Crippen LogP contribution is 2.40. The number of nitrogens with zero attached hydrogens (tertiary/aromatic N) is 4. The molecule has 39 heavy (non-hydrogen) atoms. The maximum atomic E-state index is 13.7. The minimum Gasteiger partial charge on any atom is -0.383 e. The van der Waals surface area contributed by atoms with E-state index in [0.29, 0.717) is 17.3 Å². The van der Waals surface area contributed by atoms with Crippen LogP contribution in [0.4, 0.5) is 5.82 Å². The Morgan fingerprint density at radius 3 is 2.03 bits per heavy atom. The number of amides is 2. The number of imide groups is 1. The largest absolute Gasteiger partial charge is 0.383 e. The molecule has 0 aliphatic rings. The summed E-state index contributed by atoms with van der Waals surface area (Å²) in [5.41, 5.74) is 6.90. The highest BCUT2D eigenvalue weighted by Gasteiger charge is 2.34. The molecule has 0 spiro atoms. The van der Waals surface area contributed by atoms with Gasteiger partial charge >= 0.3 is 0 Å². The summed E-state index contributed by atoms with van der Waals surface area (Å²) in [6.45, 7) is 0. The fraction of sp³-hybridized carbons (Fsp3) is 0.0345. The SMILES string of the molecule is N#Cc1c(N)nc(SC(C(=O)c2ccccc2)N(C=O)C(=O)c2ccccc2)c(C#N)c1-c1ccccc1Cl. The van der Waals surface area contributed by atoms with Crippen LogP contribution in [0.5, 0.6) is 0 Å². The maximum absolute atomic E-state index is 13.7. The molecule has 0 saturated heterocycles. The first-order valence-electron chi connectivity index (χ1n) is 11.4. The molecule has 4 rings (SSSR count). The summed E-state index contributed by atoms with van der Waals surface area (Å²) in [7, 11) is 0. The van der Waals surface area contributed by atoms with E-state index in [1.54, 1.807) is 72.8 Å². The van der Waals surface area contributed by atoms with Crippen molar-refractivity contribution in [1.29, 1.82) is 10.5 Å². The van der Waals surface area contributed by atoms with Crippen LogP contribution < -0.4 is 5.73 Å². The van der Waals surface area contributed by atoms with E-state index >= 15 is 0 Å². The summed E-state index contributed by atoms with van der Waals surface area (Å²) in [6, 6.07) is 26.7. The van der Waals surface area contributed by atoms with Crippen LogP contribution >= 0.6 is 23.4 Å². The molecule has 8 nitrogen and oxygen atoms in total. The Kier molecular flexibility index (Phi) is 8.37. The number of halogens is 1. The molecular weight excluding hydrogens is 534 g/mol. The van der Waals surface area contributed by atoms with Gasteiger partial charge in [0.1, 0.15) is 28.5 Å². The Labute approximate surface area is 233 Å². The Balaban J connectivity index is 1.91. The van der Waals surface area contributed by atoms with Crippen molar-refractivity contribution in [2.75, 3.05) is 5.73 Å². The molecule has 0 bridgehead atoms. The Bertz CT molecular complexity index is 1650. The molecule has 2 amide bonds. The van der Waals surface area contributed by atoms with Crippen LogP contribution in [0, 0.1) is 22.7 Å². The Hall–Kier alpha value is -4.96. The molecular formula is C29H18ClN5O3S. The van der Waals surface area contributed by atoms with E-state index in [9.17, 15) is 24.9 Å². The first-order valence-corrected chi connectivity index (χ1v) is 12.6. The highest BCUT2D eigenvalue weighted by molar-refractivity contribution is 8.00. The molecule has 10 heteroatoms. The van der Waals surface area contributed by atoms with Gasteiger partial charge in [0.15, 0.2) is 11.2 Å². The second-order valence-corrected chi connectivity index (χ2v) is 9.49. The zero-order valence-electron chi connectivity index (χ0n) is 20.1. The lowest BCUT2D eigenvalue weighted by Crippen LogP contribution is -2.42. The smallest absolute Gasteiger partial charge is 0.261 e. The summed E-state index contributed by atoms with van der Waals surface area (Å²) in [5.74, 6) is -1.50. The van der Waals surface area contributed by atoms with Gasteiger partial charge in [-0.05, 0) is 18.2 Å². The van der Waals surface area contributed by atoms with Gasteiger partial charge in [-0.1, -0.05) is 90.1 Å². The van der Waals surface area contributed by atoms with E-state index in [-0.39, 0.29) is 50.1 Å². The van der Waals surface area contributed by atoms with Crippen LogP contribution in [0.3, 0.4) is 0 Å². The first kappa shape index (κ1) is 27.1. The fourth-order valence-electron chi connectivity index (χ4n) is 3.84. The molecule has 4 aromatic rings. The number of benzene rings is 3. The Morgan fingerprint density at radius 1 is 0.897 bits per heavy atom. The molecule has 190 valence electrons. The molecule has 1 unspecified atom stereocenters. The number of ketones is 1. The van der Waals surface area contributed by atoms with E-state index in [2.05, 4.69) is 4.98 Å². The number of nitriles is 2. The number of hydrogen-bond donors (Lipinski definition) is 1. The normalized spacial score (nSPS) is 11.1. The van der Waals surface area contributed by atoms with Crippen LogP contribution in [0.15, 0.2) is 90.0 Å². The number of pyridine rings is 1. The summed E-state index contributed by atoms with van der Waals surface area (Å²) in [5, 5.41) is 18.8. The van der Waals surface area contributed by atoms with E-state index in [4.69, 9.17) is 17.3 Å². The average molecular weight is 552 g/mol. The summed E-state index contributed by atoms with van der Waals surface area (Å²) in [4.78, 5) is 44.4. The minimum atomic E-state index is -1.45. The van der Waals surface area contributed by atoms with Crippen LogP contribution in [-0.4, -0.2) is 33.4 Å². The van der Waals surface area contributed by atoms with Crippen LogP contribution in [0.25, 0.3) is 11.1 Å². The number of rotatable bonds is 8. The van der Waals surface area contributed by atoms with E-state index in [0.717, 1.165) is 4.90 Å². The number of hydrogen-bond acceptors (Lipinski definition) is 8. The van der Waals surface area contributed by atoms with Crippen molar-refractivity contribution in [3.8, 4) is 23.3 Å². The standard InChI is InChI=1S/C29H18ClN5O3S/c30-23-14-8-7-13-20(23)24-21(15-31)26(33)34-27(22(24)16-32)39-29(25(37)18-9-3-1-4-10-18)35(17-36)28(38)19-11-5-2-6-12-19/h1-14,17,29H,(H2,33,34). The molecule has 2 N–H and O–H groups in total. The number of Topliss-reactive ketones (excluding diaryl/α,β-unsaturated/α-hetero) is 1. The number of aromatic nitrogens is 1. The van der Waals surface area contributed by atoms with Gasteiger partial charge in [0.25, 0.3) is 5.91 Å². The predicted octanol–water partition coefficient (Wildman–Crippen LogP) is 5.33. The first-order chi connectivity index (χ1) is 18.9. The topological polar surface area (TPSA) is 141 Å². The quantitative estimate of drug-likeness (QED) is 0.134.